The molecule has 22 heavy (non-hydrogen) atoms. The van der Waals surface area contributed by atoms with Crippen LogP contribution in [0.1, 0.15) is 47.4 Å². The Hall–Kier alpha value is -2.22. The molecule has 0 N–H and O–H groups in total. The molecule has 0 aliphatic heterocycles. The summed E-state index contributed by atoms with van der Waals surface area (Å²) in [5, 5.41) is 0. The van der Waals surface area contributed by atoms with Crippen LogP contribution in [0.3, 0.4) is 0 Å². The van der Waals surface area contributed by atoms with Crippen LogP contribution in [0.4, 0.5) is 0 Å². The highest BCUT2D eigenvalue weighted by Gasteiger charge is 2.24. The Morgan fingerprint density at radius 2 is 1.27 bits per heavy atom. The lowest BCUT2D eigenvalue weighted by atomic mass is 9.84. The summed E-state index contributed by atoms with van der Waals surface area (Å²) >= 11 is 0. The fourth-order valence-corrected chi connectivity index (χ4v) is 2.72. The quantitative estimate of drug-likeness (QED) is 0.687. The number of ketones is 2. The van der Waals surface area contributed by atoms with Gasteiger partial charge in [0, 0.05) is 23.0 Å². The monoisotopic (exact) mass is 294 g/mol. The van der Waals surface area contributed by atoms with Gasteiger partial charge in [0.25, 0.3) is 0 Å². The van der Waals surface area contributed by atoms with Crippen molar-refractivity contribution in [2.45, 2.75) is 26.7 Å². The third kappa shape index (κ3) is 3.91. The van der Waals surface area contributed by atoms with Crippen molar-refractivity contribution in [1.82, 2.24) is 0 Å². The molecule has 2 unspecified atom stereocenters. The Morgan fingerprint density at radius 3 is 1.73 bits per heavy atom. The number of hydrogen-bond donors (Lipinski definition) is 0. The third-order valence-corrected chi connectivity index (χ3v) is 4.07. The Bertz CT molecular complexity index is 617. The second kappa shape index (κ2) is 7.69. The zero-order chi connectivity index (χ0) is 15.9. The third-order valence-electron chi connectivity index (χ3n) is 4.07. The molecule has 0 saturated carbocycles. The highest BCUT2D eigenvalue weighted by Crippen LogP contribution is 2.23. The van der Waals surface area contributed by atoms with E-state index in [-0.39, 0.29) is 23.4 Å². The minimum atomic E-state index is -0.153. The van der Waals surface area contributed by atoms with Crippen LogP contribution in [0.2, 0.25) is 0 Å². The molecule has 2 aromatic rings. The van der Waals surface area contributed by atoms with E-state index in [1.807, 2.05) is 74.5 Å². The van der Waals surface area contributed by atoms with Crippen LogP contribution in [-0.4, -0.2) is 11.6 Å². The maximum Gasteiger partial charge on any atom is 0.165 e. The van der Waals surface area contributed by atoms with Crippen molar-refractivity contribution < 1.29 is 9.59 Å². The molecule has 2 aromatic carbocycles. The van der Waals surface area contributed by atoms with Crippen molar-refractivity contribution in [2.24, 2.45) is 11.8 Å². The van der Waals surface area contributed by atoms with Crippen molar-refractivity contribution in [1.29, 1.82) is 0 Å². The summed E-state index contributed by atoms with van der Waals surface area (Å²) < 4.78 is 0. The molecule has 0 heterocycles. The second-order valence-corrected chi connectivity index (χ2v) is 5.70. The predicted octanol–water partition coefficient (Wildman–Crippen LogP) is 4.80. The molecule has 0 saturated heterocycles. The fraction of sp³-hybridized carbons (Fsp3) is 0.300. The van der Waals surface area contributed by atoms with Crippen molar-refractivity contribution in [3.63, 3.8) is 0 Å². The van der Waals surface area contributed by atoms with Crippen LogP contribution in [0.5, 0.6) is 0 Å². The highest BCUT2D eigenvalue weighted by atomic mass is 16.1. The minimum absolute atomic E-state index is 0.106. The molecule has 0 aliphatic rings. The van der Waals surface area contributed by atoms with Gasteiger partial charge in [-0.1, -0.05) is 74.5 Å². The van der Waals surface area contributed by atoms with Crippen molar-refractivity contribution in [2.75, 3.05) is 0 Å². The van der Waals surface area contributed by atoms with Gasteiger partial charge in [0.1, 0.15) is 0 Å². The summed E-state index contributed by atoms with van der Waals surface area (Å²) in [5.41, 5.74) is 1.45. The van der Waals surface area contributed by atoms with E-state index in [1.54, 1.807) is 0 Å². The van der Waals surface area contributed by atoms with Crippen molar-refractivity contribution >= 4 is 11.6 Å². The summed E-state index contributed by atoms with van der Waals surface area (Å²) in [6, 6.07) is 18.6. The van der Waals surface area contributed by atoms with E-state index in [9.17, 15) is 9.59 Å². The van der Waals surface area contributed by atoms with E-state index in [4.69, 9.17) is 0 Å². The zero-order valence-corrected chi connectivity index (χ0v) is 13.2. The van der Waals surface area contributed by atoms with E-state index in [2.05, 4.69) is 0 Å². The summed E-state index contributed by atoms with van der Waals surface area (Å²) in [5.74, 6) is -0.0132. The molecular formula is C20H22O2. The molecule has 0 bridgehead atoms. The molecule has 2 nitrogen and oxygen atoms in total. The van der Waals surface area contributed by atoms with Gasteiger partial charge in [0.05, 0.1) is 0 Å². The maximum atomic E-state index is 12.6. The molecule has 0 radical (unpaired) electrons. The molecule has 2 atom stereocenters. The van der Waals surface area contributed by atoms with Gasteiger partial charge in [-0.25, -0.2) is 0 Å². The van der Waals surface area contributed by atoms with E-state index >= 15 is 0 Å². The Labute approximate surface area is 132 Å². The van der Waals surface area contributed by atoms with Gasteiger partial charge >= 0.3 is 0 Å². The van der Waals surface area contributed by atoms with E-state index < -0.39 is 0 Å². The zero-order valence-electron chi connectivity index (χ0n) is 13.2. The first kappa shape index (κ1) is 16.2. The molecule has 2 rings (SSSR count). The molecule has 0 amide bonds. The lowest BCUT2D eigenvalue weighted by Crippen LogP contribution is -2.21. The van der Waals surface area contributed by atoms with Gasteiger partial charge in [-0.3, -0.25) is 9.59 Å². The maximum absolute atomic E-state index is 12.6. The molecule has 114 valence electrons. The number of carbonyl (C=O) groups is 2. The van der Waals surface area contributed by atoms with Gasteiger partial charge in [-0.15, -0.1) is 0 Å². The summed E-state index contributed by atoms with van der Waals surface area (Å²) in [4.78, 5) is 25.0. The first-order chi connectivity index (χ1) is 10.6. The first-order valence-corrected chi connectivity index (χ1v) is 7.82. The number of benzene rings is 2. The van der Waals surface area contributed by atoms with E-state index in [1.165, 1.54) is 0 Å². The van der Waals surface area contributed by atoms with Crippen molar-refractivity contribution in [3.8, 4) is 0 Å². The molecule has 2 heteroatoms. The van der Waals surface area contributed by atoms with Gasteiger partial charge < -0.3 is 0 Å². The average molecular weight is 294 g/mol. The van der Waals surface area contributed by atoms with Crippen LogP contribution < -0.4 is 0 Å². The number of rotatable bonds is 7. The van der Waals surface area contributed by atoms with Crippen LogP contribution >= 0.6 is 0 Å². The lowest BCUT2D eigenvalue weighted by molar-refractivity contribution is 0.0854. The Kier molecular flexibility index (Phi) is 5.65. The predicted molar refractivity (Wildman–Crippen MR) is 89.1 cm³/mol. The van der Waals surface area contributed by atoms with Crippen LogP contribution in [0.15, 0.2) is 60.7 Å². The lowest BCUT2D eigenvalue weighted by Gasteiger charge is -2.18. The van der Waals surface area contributed by atoms with Gasteiger partial charge in [-0.05, 0) is 12.8 Å². The molecule has 0 fully saturated rings. The standard InChI is InChI=1S/C20H22O2/c1-3-16(20(22)18-12-8-5-9-13-18)14-15(2)19(21)17-10-6-4-7-11-17/h4-13,15-16H,3,14H2,1-2H3. The number of Topliss-reactive ketones (excluding diaryl/α,β-unsaturated/α-hetero) is 2. The topological polar surface area (TPSA) is 34.1 Å². The van der Waals surface area contributed by atoms with Crippen LogP contribution in [0, 0.1) is 11.8 Å². The second-order valence-electron chi connectivity index (χ2n) is 5.70. The smallest absolute Gasteiger partial charge is 0.165 e. The van der Waals surface area contributed by atoms with Crippen LogP contribution in [-0.2, 0) is 0 Å². The van der Waals surface area contributed by atoms with E-state index in [0.29, 0.717) is 6.42 Å². The number of carbonyl (C=O) groups excluding carboxylic acids is 2. The normalized spacial score (nSPS) is 13.4. The minimum Gasteiger partial charge on any atom is -0.294 e. The molecular weight excluding hydrogens is 272 g/mol. The first-order valence-electron chi connectivity index (χ1n) is 7.82. The summed E-state index contributed by atoms with van der Waals surface area (Å²) in [6.45, 7) is 3.92. The SMILES string of the molecule is CCC(CC(C)C(=O)c1ccccc1)C(=O)c1ccccc1. The van der Waals surface area contributed by atoms with Gasteiger partial charge in [0.2, 0.25) is 0 Å². The van der Waals surface area contributed by atoms with E-state index in [0.717, 1.165) is 17.5 Å². The number of hydrogen-bond acceptors (Lipinski definition) is 2. The Morgan fingerprint density at radius 1 is 0.818 bits per heavy atom. The van der Waals surface area contributed by atoms with Crippen molar-refractivity contribution in [3.05, 3.63) is 71.8 Å². The van der Waals surface area contributed by atoms with Gasteiger partial charge in [0.15, 0.2) is 11.6 Å². The average Bonchev–Trinajstić information content (AvgIpc) is 2.59. The van der Waals surface area contributed by atoms with Gasteiger partial charge in [-0.2, -0.15) is 0 Å². The largest absolute Gasteiger partial charge is 0.294 e. The Balaban J connectivity index is 2.07. The molecule has 0 spiro atoms. The fourth-order valence-electron chi connectivity index (χ4n) is 2.72. The summed E-state index contributed by atoms with van der Waals surface area (Å²) in [6.07, 6.45) is 1.35. The van der Waals surface area contributed by atoms with Crippen LogP contribution in [0.25, 0.3) is 0 Å². The molecule has 0 aromatic heterocycles. The highest BCUT2D eigenvalue weighted by molar-refractivity contribution is 6.00. The summed E-state index contributed by atoms with van der Waals surface area (Å²) in [7, 11) is 0. The molecule has 0 aliphatic carbocycles.